The van der Waals surface area contributed by atoms with Gasteiger partial charge in [0.2, 0.25) is 11.8 Å². The fraction of sp³-hybridized carbons (Fsp3) is 0.423. The smallest absolute Gasteiger partial charge is 0.254 e. The summed E-state index contributed by atoms with van der Waals surface area (Å²) in [6.07, 6.45) is 1.46. The molecule has 2 aromatic rings. The number of benzene rings is 2. The molecule has 4 rings (SSSR count). The Morgan fingerprint density at radius 3 is 2.21 bits per heavy atom. The summed E-state index contributed by atoms with van der Waals surface area (Å²) in [6.45, 7) is 6.20. The van der Waals surface area contributed by atoms with Gasteiger partial charge in [0.1, 0.15) is 0 Å². The summed E-state index contributed by atoms with van der Waals surface area (Å²) in [6, 6.07) is 15.1. The Labute approximate surface area is 200 Å². The molecule has 0 N–H and O–H groups in total. The van der Waals surface area contributed by atoms with E-state index in [2.05, 4.69) is 12.1 Å². The van der Waals surface area contributed by atoms with Crippen molar-refractivity contribution in [3.05, 3.63) is 70.2 Å². The fourth-order valence-corrected chi connectivity index (χ4v) is 5.01. The third-order valence-electron chi connectivity index (χ3n) is 6.75. The van der Waals surface area contributed by atoms with Crippen molar-refractivity contribution >= 4 is 29.3 Å². The van der Waals surface area contributed by atoms with Crippen molar-refractivity contribution in [2.45, 2.75) is 32.7 Å². The number of halogens is 1. The number of hydrogen-bond donors (Lipinski definition) is 0. The van der Waals surface area contributed by atoms with Gasteiger partial charge in [0.05, 0.1) is 12.0 Å². The zero-order valence-electron chi connectivity index (χ0n) is 19.2. The number of likely N-dealkylation sites (tertiary alicyclic amines) is 1. The van der Waals surface area contributed by atoms with Crippen molar-refractivity contribution in [3.63, 3.8) is 0 Å². The molecule has 2 heterocycles. The average molecular weight is 468 g/mol. The predicted octanol–water partition coefficient (Wildman–Crippen LogP) is 3.93. The summed E-state index contributed by atoms with van der Waals surface area (Å²) in [4.78, 5) is 44.0. The van der Waals surface area contributed by atoms with Crippen LogP contribution < -0.4 is 0 Å². The standard InChI is InChI=1S/C26H30ClN3O3/c1-18-4-3-5-21(16-18)24-11-8-22(25(32)29-14-12-28(13-15-29)19(2)31)17-30(24)26(33)20-6-9-23(27)10-7-20/h3-7,9-10,16,22,24H,8,11-15,17H2,1-2H3. The maximum atomic E-state index is 13.6. The molecule has 0 aliphatic carbocycles. The zero-order chi connectivity index (χ0) is 23.5. The largest absolute Gasteiger partial charge is 0.339 e. The van der Waals surface area contributed by atoms with Gasteiger partial charge in [-0.1, -0.05) is 41.4 Å². The molecule has 3 amide bonds. The fourth-order valence-electron chi connectivity index (χ4n) is 4.88. The van der Waals surface area contributed by atoms with Crippen LogP contribution in [0.1, 0.15) is 47.3 Å². The van der Waals surface area contributed by atoms with Crippen molar-refractivity contribution < 1.29 is 14.4 Å². The summed E-state index contributed by atoms with van der Waals surface area (Å²) >= 11 is 6.03. The highest BCUT2D eigenvalue weighted by Gasteiger charge is 2.38. The number of piperidine rings is 1. The van der Waals surface area contributed by atoms with E-state index in [1.165, 1.54) is 0 Å². The monoisotopic (exact) mass is 467 g/mol. The second-order valence-corrected chi connectivity index (χ2v) is 9.44. The quantitative estimate of drug-likeness (QED) is 0.687. The predicted molar refractivity (Wildman–Crippen MR) is 128 cm³/mol. The summed E-state index contributed by atoms with van der Waals surface area (Å²) in [5.41, 5.74) is 2.81. The van der Waals surface area contributed by atoms with E-state index in [-0.39, 0.29) is 29.7 Å². The minimum atomic E-state index is -0.244. The van der Waals surface area contributed by atoms with Crippen LogP contribution in [-0.4, -0.2) is 65.1 Å². The first-order chi connectivity index (χ1) is 15.8. The van der Waals surface area contributed by atoms with Crippen LogP contribution in [0, 0.1) is 12.8 Å². The van der Waals surface area contributed by atoms with E-state index in [1.54, 1.807) is 36.1 Å². The van der Waals surface area contributed by atoms with Crippen molar-refractivity contribution in [2.75, 3.05) is 32.7 Å². The van der Waals surface area contributed by atoms with Crippen molar-refractivity contribution in [3.8, 4) is 0 Å². The molecule has 174 valence electrons. The zero-order valence-corrected chi connectivity index (χ0v) is 19.9. The molecule has 2 aromatic carbocycles. The van der Waals surface area contributed by atoms with Crippen molar-refractivity contribution in [1.82, 2.24) is 14.7 Å². The molecule has 6 nitrogen and oxygen atoms in total. The Kier molecular flexibility index (Phi) is 7.03. The molecule has 2 fully saturated rings. The van der Waals surface area contributed by atoms with Crippen LogP contribution in [0.4, 0.5) is 0 Å². The molecule has 2 atom stereocenters. The molecule has 2 aliphatic rings. The first-order valence-electron chi connectivity index (χ1n) is 11.5. The third kappa shape index (κ3) is 5.22. The highest BCUT2D eigenvalue weighted by Crippen LogP contribution is 2.36. The van der Waals surface area contributed by atoms with Gasteiger partial charge in [-0.15, -0.1) is 0 Å². The maximum absolute atomic E-state index is 13.6. The third-order valence-corrected chi connectivity index (χ3v) is 7.00. The van der Waals surface area contributed by atoms with Crippen LogP contribution in [0.25, 0.3) is 0 Å². The Morgan fingerprint density at radius 2 is 1.58 bits per heavy atom. The normalized spacial score (nSPS) is 21.1. The lowest BCUT2D eigenvalue weighted by Gasteiger charge is -2.42. The molecule has 0 bridgehead atoms. The van der Waals surface area contributed by atoms with Gasteiger partial charge in [0.25, 0.3) is 5.91 Å². The van der Waals surface area contributed by atoms with Crippen LogP contribution in [-0.2, 0) is 9.59 Å². The molecular weight excluding hydrogens is 438 g/mol. The van der Waals surface area contributed by atoms with Gasteiger partial charge >= 0.3 is 0 Å². The van der Waals surface area contributed by atoms with Gasteiger partial charge in [0, 0.05) is 50.2 Å². The number of piperazine rings is 1. The first-order valence-corrected chi connectivity index (χ1v) is 11.9. The number of carbonyl (C=O) groups is 3. The Bertz CT molecular complexity index is 1030. The van der Waals surface area contributed by atoms with E-state index in [4.69, 9.17) is 11.6 Å². The Balaban J connectivity index is 1.55. The number of rotatable bonds is 3. The SMILES string of the molecule is CC(=O)N1CCN(C(=O)C2CCC(c3cccc(C)c3)N(C(=O)c3ccc(Cl)cc3)C2)CC1. The van der Waals surface area contributed by atoms with Crippen LogP contribution in [0.15, 0.2) is 48.5 Å². The van der Waals surface area contributed by atoms with E-state index in [0.717, 1.165) is 24.0 Å². The topological polar surface area (TPSA) is 60.9 Å². The number of nitrogens with zero attached hydrogens (tertiary/aromatic N) is 3. The molecule has 0 radical (unpaired) electrons. The van der Waals surface area contributed by atoms with Gasteiger partial charge in [-0.2, -0.15) is 0 Å². The molecule has 0 spiro atoms. The van der Waals surface area contributed by atoms with Gasteiger partial charge in [-0.25, -0.2) is 0 Å². The number of hydrogen-bond acceptors (Lipinski definition) is 3. The highest BCUT2D eigenvalue weighted by molar-refractivity contribution is 6.30. The van der Waals surface area contributed by atoms with Crippen molar-refractivity contribution in [2.24, 2.45) is 5.92 Å². The minimum Gasteiger partial charge on any atom is -0.339 e. The van der Waals surface area contributed by atoms with Gasteiger partial charge in [0.15, 0.2) is 0 Å². The molecule has 0 aromatic heterocycles. The number of carbonyl (C=O) groups excluding carboxylic acids is 3. The van der Waals surface area contributed by atoms with E-state index >= 15 is 0 Å². The van der Waals surface area contributed by atoms with E-state index in [1.807, 2.05) is 28.9 Å². The average Bonchev–Trinajstić information content (AvgIpc) is 2.83. The summed E-state index contributed by atoms with van der Waals surface area (Å²) in [7, 11) is 0. The molecular formula is C26H30ClN3O3. The van der Waals surface area contributed by atoms with Crippen LogP contribution in [0.3, 0.4) is 0 Å². The molecule has 33 heavy (non-hydrogen) atoms. The summed E-state index contributed by atoms with van der Waals surface area (Å²) in [5.74, 6) is -0.210. The Hall–Kier alpha value is -2.86. The molecule has 2 saturated heterocycles. The summed E-state index contributed by atoms with van der Waals surface area (Å²) < 4.78 is 0. The maximum Gasteiger partial charge on any atom is 0.254 e. The van der Waals surface area contributed by atoms with E-state index in [9.17, 15) is 14.4 Å². The van der Waals surface area contributed by atoms with Crippen LogP contribution >= 0.6 is 11.6 Å². The second-order valence-electron chi connectivity index (χ2n) is 9.00. The van der Waals surface area contributed by atoms with E-state index in [0.29, 0.717) is 43.3 Å². The highest BCUT2D eigenvalue weighted by atomic mass is 35.5. The molecule has 2 unspecified atom stereocenters. The summed E-state index contributed by atoms with van der Waals surface area (Å²) in [5, 5.41) is 0.582. The van der Waals surface area contributed by atoms with Crippen molar-refractivity contribution in [1.29, 1.82) is 0 Å². The van der Waals surface area contributed by atoms with Gasteiger partial charge < -0.3 is 14.7 Å². The van der Waals surface area contributed by atoms with Crippen LogP contribution in [0.2, 0.25) is 5.02 Å². The number of aryl methyl sites for hydroxylation is 1. The van der Waals surface area contributed by atoms with E-state index < -0.39 is 0 Å². The lowest BCUT2D eigenvalue weighted by Crippen LogP contribution is -2.54. The first kappa shape index (κ1) is 23.3. The second kappa shape index (κ2) is 9.96. The Morgan fingerprint density at radius 1 is 0.909 bits per heavy atom. The number of amides is 3. The molecule has 0 saturated carbocycles. The van der Waals surface area contributed by atoms with Crippen LogP contribution in [0.5, 0.6) is 0 Å². The molecule has 2 aliphatic heterocycles. The minimum absolute atomic E-state index is 0.0421. The van der Waals surface area contributed by atoms with Gasteiger partial charge in [-0.3, -0.25) is 14.4 Å². The lowest BCUT2D eigenvalue weighted by molar-refractivity contribution is -0.142. The lowest BCUT2D eigenvalue weighted by atomic mass is 9.87. The molecule has 7 heteroatoms. The van der Waals surface area contributed by atoms with Gasteiger partial charge in [-0.05, 0) is 49.6 Å².